The Morgan fingerprint density at radius 3 is 2.86 bits per heavy atom. The molecule has 8 nitrogen and oxygen atoms in total. The van der Waals surface area contributed by atoms with Crippen LogP contribution in [0.5, 0.6) is 0 Å². The average Bonchev–Trinajstić information content (AvgIpc) is 3.19. The molecule has 2 atom stereocenters. The molecule has 0 bridgehead atoms. The maximum Gasteiger partial charge on any atom is 0.332 e. The van der Waals surface area contributed by atoms with E-state index in [2.05, 4.69) is 14.9 Å². The van der Waals surface area contributed by atoms with Crippen molar-refractivity contribution in [3.63, 3.8) is 0 Å². The van der Waals surface area contributed by atoms with Crippen molar-refractivity contribution in [1.82, 2.24) is 19.8 Å². The minimum absolute atomic E-state index is 0.165. The van der Waals surface area contributed by atoms with Gasteiger partial charge in [-0.2, -0.15) is 0 Å². The summed E-state index contributed by atoms with van der Waals surface area (Å²) in [4.78, 5) is 40.9. The fourth-order valence-corrected chi connectivity index (χ4v) is 4.22. The molecule has 2 saturated heterocycles. The van der Waals surface area contributed by atoms with Crippen LogP contribution >= 0.6 is 23.1 Å². The highest BCUT2D eigenvalue weighted by Crippen LogP contribution is 2.32. The molecule has 1 aromatic heterocycles. The molecule has 2 aromatic rings. The Morgan fingerprint density at radius 2 is 2.18 bits per heavy atom. The molecule has 146 valence electrons. The van der Waals surface area contributed by atoms with Crippen LogP contribution in [0.4, 0.5) is 14.9 Å². The van der Waals surface area contributed by atoms with Gasteiger partial charge in [0.1, 0.15) is 16.7 Å². The van der Waals surface area contributed by atoms with Crippen molar-refractivity contribution in [2.24, 2.45) is 0 Å². The van der Waals surface area contributed by atoms with E-state index in [1.54, 1.807) is 6.92 Å². The Kier molecular flexibility index (Phi) is 4.76. The second-order valence-corrected chi connectivity index (χ2v) is 7.81. The maximum absolute atomic E-state index is 13.4. The van der Waals surface area contributed by atoms with E-state index in [1.165, 1.54) is 17.0 Å². The van der Waals surface area contributed by atoms with Crippen molar-refractivity contribution >= 4 is 46.7 Å². The molecule has 0 radical (unpaired) electrons. The number of amides is 4. The Bertz CT molecular complexity index is 983. The first-order valence-electron chi connectivity index (χ1n) is 8.56. The van der Waals surface area contributed by atoms with Crippen molar-refractivity contribution in [3.8, 4) is 0 Å². The Balaban J connectivity index is 1.50. The number of hydrogen-bond acceptors (Lipinski definition) is 6. The number of aryl methyl sites for hydroxylation is 1. The van der Waals surface area contributed by atoms with Crippen LogP contribution in [-0.2, 0) is 4.79 Å². The molecular weight excluding hydrogens is 409 g/mol. The zero-order chi connectivity index (χ0) is 20.0. The van der Waals surface area contributed by atoms with Crippen LogP contribution in [0.1, 0.15) is 28.2 Å². The minimum atomic E-state index is -0.684. The first kappa shape index (κ1) is 18.8. The Hall–Kier alpha value is -2.59. The summed E-state index contributed by atoms with van der Waals surface area (Å²) in [5.74, 6) is -1.33. The number of halogens is 2. The number of anilines is 1. The molecule has 2 fully saturated rings. The lowest BCUT2D eigenvalue weighted by molar-refractivity contribution is -0.120. The van der Waals surface area contributed by atoms with Crippen molar-refractivity contribution < 1.29 is 18.8 Å². The van der Waals surface area contributed by atoms with Gasteiger partial charge in [-0.25, -0.2) is 14.1 Å². The zero-order valence-electron chi connectivity index (χ0n) is 14.7. The molecule has 2 aliphatic heterocycles. The van der Waals surface area contributed by atoms with Gasteiger partial charge in [-0.05, 0) is 49.5 Å². The smallest absolute Gasteiger partial charge is 0.332 e. The largest absolute Gasteiger partial charge is 0.348 e. The summed E-state index contributed by atoms with van der Waals surface area (Å²) in [5.41, 5.74) is 0.772. The molecule has 0 spiro atoms. The van der Waals surface area contributed by atoms with E-state index in [0.29, 0.717) is 30.0 Å². The van der Waals surface area contributed by atoms with Crippen LogP contribution in [0, 0.1) is 12.7 Å². The topological polar surface area (TPSA) is 95.5 Å². The normalized spacial score (nSPS) is 21.8. The van der Waals surface area contributed by atoms with E-state index in [4.69, 9.17) is 11.6 Å². The summed E-state index contributed by atoms with van der Waals surface area (Å²) in [6.45, 7) is 2.03. The molecule has 28 heavy (non-hydrogen) atoms. The van der Waals surface area contributed by atoms with Crippen LogP contribution in [0.3, 0.4) is 0 Å². The lowest BCUT2D eigenvalue weighted by Crippen LogP contribution is -2.49. The van der Waals surface area contributed by atoms with Crippen LogP contribution in [0.2, 0.25) is 5.02 Å². The first-order valence-corrected chi connectivity index (χ1v) is 9.71. The molecule has 2 aliphatic rings. The molecule has 0 aliphatic carbocycles. The third-order valence-electron chi connectivity index (χ3n) is 4.90. The number of nitrogens with one attached hydrogen (secondary N) is 1. The minimum Gasteiger partial charge on any atom is -0.348 e. The second kappa shape index (κ2) is 7.10. The number of carbonyl (C=O) groups is 3. The summed E-state index contributed by atoms with van der Waals surface area (Å²) >= 11 is 6.80. The van der Waals surface area contributed by atoms with Crippen LogP contribution in [0.15, 0.2) is 18.2 Å². The molecule has 4 rings (SSSR count). The SMILES string of the molecule is Cc1nnsc1C(=O)N[C@H]1CCN2C(=O)N(c3ccc(F)c(Cl)c3)C(=O)[C@@H]2C1. The number of rotatable bonds is 3. The summed E-state index contributed by atoms with van der Waals surface area (Å²) < 4.78 is 17.2. The number of imide groups is 1. The third-order valence-corrected chi connectivity index (χ3v) is 6.02. The van der Waals surface area contributed by atoms with Crippen LogP contribution < -0.4 is 10.2 Å². The number of hydrogen-bond donors (Lipinski definition) is 1. The van der Waals surface area contributed by atoms with E-state index < -0.39 is 23.8 Å². The Labute approximate surface area is 168 Å². The highest BCUT2D eigenvalue weighted by molar-refractivity contribution is 7.08. The molecule has 11 heteroatoms. The van der Waals surface area contributed by atoms with E-state index >= 15 is 0 Å². The number of benzene rings is 1. The van der Waals surface area contributed by atoms with Gasteiger partial charge in [0.15, 0.2) is 0 Å². The fraction of sp³-hybridized carbons (Fsp3) is 0.353. The quantitative estimate of drug-likeness (QED) is 0.764. The standard InChI is InChI=1S/C17H15ClFN5O3S/c1-8-14(28-22-21-8)15(25)20-9-4-5-23-13(6-9)16(26)24(17(23)27)10-2-3-12(19)11(18)7-10/h2-3,7,9,13H,4-6H2,1H3,(H,20,25)/t9-,13-/m0/s1. The van der Waals surface area contributed by atoms with E-state index in [1.807, 2.05) is 0 Å². The van der Waals surface area contributed by atoms with Gasteiger partial charge >= 0.3 is 6.03 Å². The van der Waals surface area contributed by atoms with Crippen LogP contribution in [-0.4, -0.2) is 51.0 Å². The van der Waals surface area contributed by atoms with Crippen molar-refractivity contribution in [3.05, 3.63) is 39.6 Å². The van der Waals surface area contributed by atoms with E-state index in [-0.39, 0.29) is 22.7 Å². The third kappa shape index (κ3) is 3.12. The van der Waals surface area contributed by atoms with Crippen molar-refractivity contribution in [2.75, 3.05) is 11.4 Å². The number of urea groups is 1. The molecular formula is C17H15ClFN5O3S. The molecule has 4 amide bonds. The van der Waals surface area contributed by atoms with Gasteiger partial charge in [-0.3, -0.25) is 9.59 Å². The number of fused-ring (bicyclic) bond motifs is 1. The summed E-state index contributed by atoms with van der Waals surface area (Å²) in [6.07, 6.45) is 0.817. The van der Waals surface area contributed by atoms with Gasteiger partial charge in [0.05, 0.1) is 16.4 Å². The highest BCUT2D eigenvalue weighted by atomic mass is 35.5. The fourth-order valence-electron chi connectivity index (χ4n) is 3.48. The monoisotopic (exact) mass is 423 g/mol. The zero-order valence-corrected chi connectivity index (χ0v) is 16.3. The maximum atomic E-state index is 13.4. The predicted octanol–water partition coefficient (Wildman–Crippen LogP) is 2.37. The Morgan fingerprint density at radius 1 is 1.39 bits per heavy atom. The molecule has 3 heterocycles. The van der Waals surface area contributed by atoms with Crippen molar-refractivity contribution in [1.29, 1.82) is 0 Å². The molecule has 0 unspecified atom stereocenters. The average molecular weight is 424 g/mol. The molecule has 0 saturated carbocycles. The number of nitrogens with zero attached hydrogens (tertiary/aromatic N) is 4. The van der Waals surface area contributed by atoms with Gasteiger partial charge in [0.25, 0.3) is 11.8 Å². The summed E-state index contributed by atoms with van der Waals surface area (Å²) in [6, 6.07) is 2.30. The van der Waals surface area contributed by atoms with E-state index in [0.717, 1.165) is 22.5 Å². The molecule has 1 N–H and O–H groups in total. The van der Waals surface area contributed by atoms with Gasteiger partial charge in [0, 0.05) is 12.6 Å². The van der Waals surface area contributed by atoms with Gasteiger partial charge < -0.3 is 10.2 Å². The number of piperidine rings is 1. The number of carbonyl (C=O) groups excluding carboxylic acids is 3. The predicted molar refractivity (Wildman–Crippen MR) is 99.9 cm³/mol. The van der Waals surface area contributed by atoms with Crippen molar-refractivity contribution in [2.45, 2.75) is 31.8 Å². The van der Waals surface area contributed by atoms with E-state index in [9.17, 15) is 18.8 Å². The first-order chi connectivity index (χ1) is 13.4. The van der Waals surface area contributed by atoms with Gasteiger partial charge in [0.2, 0.25) is 0 Å². The van der Waals surface area contributed by atoms with Gasteiger partial charge in [-0.1, -0.05) is 16.1 Å². The van der Waals surface area contributed by atoms with Crippen LogP contribution in [0.25, 0.3) is 0 Å². The summed E-state index contributed by atoms with van der Waals surface area (Å²) in [5, 5.41) is 6.55. The summed E-state index contributed by atoms with van der Waals surface area (Å²) in [7, 11) is 0. The molecule has 1 aromatic carbocycles. The number of aromatic nitrogens is 2. The lowest BCUT2D eigenvalue weighted by atomic mass is 9.98. The van der Waals surface area contributed by atoms with Gasteiger partial charge in [-0.15, -0.1) is 5.10 Å². The lowest BCUT2D eigenvalue weighted by Gasteiger charge is -2.32. The highest BCUT2D eigenvalue weighted by Gasteiger charge is 2.48. The second-order valence-electron chi connectivity index (χ2n) is 6.65.